The summed E-state index contributed by atoms with van der Waals surface area (Å²) in [5.41, 5.74) is 6.56. The van der Waals surface area contributed by atoms with Crippen molar-refractivity contribution in [1.82, 2.24) is 19.5 Å². The number of aliphatic hydroxyl groups excluding tert-OH is 1. The topological polar surface area (TPSA) is 140 Å². The summed E-state index contributed by atoms with van der Waals surface area (Å²) < 4.78 is 21.9. The number of carbonyl (C=O) groups excluding carboxylic acids is 1. The highest BCUT2D eigenvalue weighted by Gasteiger charge is 2.30. The van der Waals surface area contributed by atoms with E-state index in [-0.39, 0.29) is 46.2 Å². The molecule has 0 spiro atoms. The third-order valence-electron chi connectivity index (χ3n) is 6.51. The Balaban J connectivity index is 1.54. The third-order valence-corrected chi connectivity index (χ3v) is 7.02. The van der Waals surface area contributed by atoms with E-state index in [1.807, 2.05) is 4.57 Å². The van der Waals surface area contributed by atoms with Crippen LogP contribution in [-0.4, -0.2) is 55.9 Å². The summed E-state index contributed by atoms with van der Waals surface area (Å²) in [5, 5.41) is 16.5. The molecule has 3 aromatic rings. The number of ether oxygens (including phenoxy) is 1. The molecule has 1 amide bonds. The van der Waals surface area contributed by atoms with E-state index in [1.165, 1.54) is 6.07 Å². The maximum atomic E-state index is 14.7. The van der Waals surface area contributed by atoms with Crippen LogP contribution in [0.15, 0.2) is 18.3 Å². The molecule has 0 bridgehead atoms. The van der Waals surface area contributed by atoms with E-state index < -0.39 is 11.9 Å². The predicted molar refractivity (Wildman–Crippen MR) is 129 cm³/mol. The van der Waals surface area contributed by atoms with Gasteiger partial charge in [0.15, 0.2) is 5.65 Å². The van der Waals surface area contributed by atoms with Crippen molar-refractivity contribution < 1.29 is 19.0 Å². The molecule has 0 unspecified atom stereocenters. The molecule has 186 valence electrons. The van der Waals surface area contributed by atoms with Gasteiger partial charge < -0.3 is 26.2 Å². The predicted octanol–water partition coefficient (Wildman–Crippen LogP) is 3.40. The zero-order valence-electron chi connectivity index (χ0n) is 18.5. The summed E-state index contributed by atoms with van der Waals surface area (Å²) in [7, 11) is 0. The lowest BCUT2D eigenvalue weighted by Crippen LogP contribution is -2.32. The molecule has 10 nitrogen and oxygen atoms in total. The number of rotatable bonds is 6. The van der Waals surface area contributed by atoms with Crippen molar-refractivity contribution in [3.63, 3.8) is 0 Å². The van der Waals surface area contributed by atoms with Crippen LogP contribution >= 0.6 is 23.2 Å². The standard InChI is InChI=1S/C22H24Cl2FN7O3/c23-11-5-13(24)18(14(25)6-11)30-22-29-15-7-27-21(28-16-8-35-9-17(16)33)31-20(15)32(22)12-3-1-10(2-4-12)19(26)34/h5-7,10,12,16-17,33H,1-4,8-9H2,(H2,26,34)(H,29,30)(H,27,28,31)/t10-,12-,16-,17-/m1/s1. The Hall–Kier alpha value is -2.73. The van der Waals surface area contributed by atoms with Crippen LogP contribution in [0.2, 0.25) is 10.0 Å². The van der Waals surface area contributed by atoms with Gasteiger partial charge in [-0.1, -0.05) is 23.2 Å². The second kappa shape index (κ2) is 9.73. The van der Waals surface area contributed by atoms with Gasteiger partial charge in [0.05, 0.1) is 42.3 Å². The van der Waals surface area contributed by atoms with Crippen LogP contribution in [0.3, 0.4) is 0 Å². The van der Waals surface area contributed by atoms with Crippen molar-refractivity contribution in [2.45, 2.75) is 43.9 Å². The molecule has 1 aliphatic heterocycles. The largest absolute Gasteiger partial charge is 0.388 e. The first-order valence-corrected chi connectivity index (χ1v) is 12.0. The van der Waals surface area contributed by atoms with Crippen LogP contribution < -0.4 is 16.4 Å². The highest BCUT2D eigenvalue weighted by Crippen LogP contribution is 2.38. The van der Waals surface area contributed by atoms with E-state index in [9.17, 15) is 14.3 Å². The smallest absolute Gasteiger partial charge is 0.225 e. The van der Waals surface area contributed by atoms with E-state index in [2.05, 4.69) is 25.6 Å². The van der Waals surface area contributed by atoms with Crippen LogP contribution in [0.5, 0.6) is 0 Å². The monoisotopic (exact) mass is 523 g/mol. The lowest BCUT2D eigenvalue weighted by molar-refractivity contribution is -0.122. The molecule has 0 radical (unpaired) electrons. The number of nitrogens with zero attached hydrogens (tertiary/aromatic N) is 4. The fourth-order valence-electron chi connectivity index (χ4n) is 4.63. The Morgan fingerprint density at radius 1 is 1.20 bits per heavy atom. The Labute approximate surface area is 210 Å². The van der Waals surface area contributed by atoms with Crippen molar-refractivity contribution in [3.8, 4) is 0 Å². The van der Waals surface area contributed by atoms with Crippen LogP contribution in [-0.2, 0) is 9.53 Å². The minimum absolute atomic E-state index is 0.0379. The SMILES string of the molecule is NC(=O)[C@H]1CC[C@H](n2c(Nc3c(F)cc(Cl)cc3Cl)nc3cnc(N[C@@H]4COC[C@H]4O)nc32)CC1. The van der Waals surface area contributed by atoms with Gasteiger partial charge in [0, 0.05) is 17.0 Å². The van der Waals surface area contributed by atoms with E-state index in [0.717, 1.165) is 6.07 Å². The third kappa shape index (κ3) is 4.86. The van der Waals surface area contributed by atoms with Gasteiger partial charge in [-0.3, -0.25) is 9.36 Å². The highest BCUT2D eigenvalue weighted by atomic mass is 35.5. The number of fused-ring (bicyclic) bond motifs is 1. The van der Waals surface area contributed by atoms with E-state index in [4.69, 9.17) is 33.7 Å². The first-order valence-electron chi connectivity index (χ1n) is 11.3. The average molecular weight is 524 g/mol. The Morgan fingerprint density at radius 2 is 1.97 bits per heavy atom. The summed E-state index contributed by atoms with van der Waals surface area (Å²) in [6.45, 7) is 0.572. The van der Waals surface area contributed by atoms with Crippen molar-refractivity contribution in [1.29, 1.82) is 0 Å². The van der Waals surface area contributed by atoms with Gasteiger partial charge in [0.2, 0.25) is 17.8 Å². The molecule has 2 aliphatic rings. The zero-order chi connectivity index (χ0) is 24.7. The molecule has 2 fully saturated rings. The second-order valence-electron chi connectivity index (χ2n) is 8.84. The maximum absolute atomic E-state index is 14.7. The van der Waals surface area contributed by atoms with Crippen LogP contribution in [0, 0.1) is 11.7 Å². The van der Waals surface area contributed by atoms with Crippen molar-refractivity contribution in [2.24, 2.45) is 11.7 Å². The normalized spacial score (nSPS) is 24.6. The van der Waals surface area contributed by atoms with E-state index in [0.29, 0.717) is 55.4 Å². The molecule has 3 heterocycles. The summed E-state index contributed by atoms with van der Waals surface area (Å²) in [6, 6.07) is 2.19. The number of hydrogen-bond acceptors (Lipinski definition) is 8. The molecule has 1 aliphatic carbocycles. The van der Waals surface area contributed by atoms with Gasteiger partial charge in [-0.25, -0.2) is 14.4 Å². The number of carbonyl (C=O) groups is 1. The summed E-state index contributed by atoms with van der Waals surface area (Å²) in [4.78, 5) is 25.3. The van der Waals surface area contributed by atoms with Gasteiger partial charge in [0.25, 0.3) is 0 Å². The number of anilines is 3. The van der Waals surface area contributed by atoms with Crippen LogP contribution in [0.1, 0.15) is 31.7 Å². The number of hydrogen-bond donors (Lipinski definition) is 4. The molecule has 35 heavy (non-hydrogen) atoms. The van der Waals surface area contributed by atoms with Crippen molar-refractivity contribution >= 4 is 57.9 Å². The minimum Gasteiger partial charge on any atom is -0.388 e. The van der Waals surface area contributed by atoms with E-state index >= 15 is 0 Å². The molecule has 5 N–H and O–H groups in total. The number of nitrogens with two attached hydrogens (primary N) is 1. The average Bonchev–Trinajstić information content (AvgIpc) is 3.38. The van der Waals surface area contributed by atoms with Crippen LogP contribution in [0.25, 0.3) is 11.2 Å². The number of amides is 1. The quantitative estimate of drug-likeness (QED) is 0.385. The van der Waals surface area contributed by atoms with Gasteiger partial charge in [-0.2, -0.15) is 4.98 Å². The van der Waals surface area contributed by atoms with Crippen molar-refractivity contribution in [3.05, 3.63) is 34.2 Å². The molecule has 5 rings (SSSR count). The minimum atomic E-state index is -0.671. The Bertz CT molecular complexity index is 1240. The molecule has 2 atom stereocenters. The molecular weight excluding hydrogens is 500 g/mol. The van der Waals surface area contributed by atoms with Crippen LogP contribution in [0.4, 0.5) is 22.0 Å². The molecule has 13 heteroatoms. The number of imidazole rings is 1. The van der Waals surface area contributed by atoms with Gasteiger partial charge in [0.1, 0.15) is 11.3 Å². The number of aliphatic hydroxyl groups is 1. The summed E-state index contributed by atoms with van der Waals surface area (Å²) in [5.74, 6) is -0.473. The fourth-order valence-corrected chi connectivity index (χ4v) is 5.15. The number of primary amides is 1. The van der Waals surface area contributed by atoms with Gasteiger partial charge >= 0.3 is 0 Å². The number of aromatic nitrogens is 4. The lowest BCUT2D eigenvalue weighted by Gasteiger charge is -2.29. The molecular formula is C22H24Cl2FN7O3. The molecule has 1 aromatic carbocycles. The first kappa shape index (κ1) is 24.0. The first-order chi connectivity index (χ1) is 16.8. The highest BCUT2D eigenvalue weighted by molar-refractivity contribution is 6.36. The summed E-state index contributed by atoms with van der Waals surface area (Å²) in [6.07, 6.45) is 3.45. The number of halogens is 3. The second-order valence-corrected chi connectivity index (χ2v) is 9.68. The van der Waals surface area contributed by atoms with Crippen molar-refractivity contribution in [2.75, 3.05) is 23.8 Å². The summed E-state index contributed by atoms with van der Waals surface area (Å²) >= 11 is 12.2. The fraction of sp³-hybridized carbons (Fsp3) is 0.455. The number of benzene rings is 1. The Kier molecular flexibility index (Phi) is 6.67. The molecule has 2 aromatic heterocycles. The van der Waals surface area contributed by atoms with E-state index in [1.54, 1.807) is 6.20 Å². The maximum Gasteiger partial charge on any atom is 0.225 e. The molecule has 1 saturated heterocycles. The van der Waals surface area contributed by atoms with Gasteiger partial charge in [-0.05, 0) is 37.8 Å². The Morgan fingerprint density at radius 3 is 2.63 bits per heavy atom. The number of nitrogens with one attached hydrogen (secondary N) is 2. The van der Waals surface area contributed by atoms with Gasteiger partial charge in [-0.15, -0.1) is 0 Å². The molecule has 1 saturated carbocycles. The lowest BCUT2D eigenvalue weighted by atomic mass is 9.85. The zero-order valence-corrected chi connectivity index (χ0v) is 20.1.